The Labute approximate surface area is 261 Å². The number of ether oxygens (including phenoxy) is 3. The maximum atomic E-state index is 13.5. The lowest BCUT2D eigenvalue weighted by atomic mass is 9.98. The Morgan fingerprint density at radius 1 is 0.889 bits per heavy atom. The predicted molar refractivity (Wildman–Crippen MR) is 172 cm³/mol. The van der Waals surface area contributed by atoms with Crippen LogP contribution in [0.25, 0.3) is 27.7 Å². The monoisotopic (exact) mass is 602 g/mol. The van der Waals surface area contributed by atoms with E-state index in [1.807, 2.05) is 59.3 Å². The largest absolute Gasteiger partial charge is 0.497 e. The van der Waals surface area contributed by atoms with Gasteiger partial charge in [-0.15, -0.1) is 0 Å². The number of carbonyl (C=O) groups is 2. The minimum atomic E-state index is -0.487. The fourth-order valence-corrected chi connectivity index (χ4v) is 5.71. The summed E-state index contributed by atoms with van der Waals surface area (Å²) in [5.41, 5.74) is 6.68. The quantitative estimate of drug-likeness (QED) is 0.183. The molecule has 0 saturated carbocycles. The topological polar surface area (TPSA) is 105 Å². The molecule has 6 rings (SSSR count). The van der Waals surface area contributed by atoms with Gasteiger partial charge in [0.1, 0.15) is 17.1 Å². The Balaban J connectivity index is 1.38. The number of aromatic nitrogens is 3. The van der Waals surface area contributed by atoms with E-state index in [1.54, 1.807) is 38.6 Å². The van der Waals surface area contributed by atoms with Crippen molar-refractivity contribution in [2.45, 2.75) is 32.4 Å². The summed E-state index contributed by atoms with van der Waals surface area (Å²) in [6, 6.07) is 22.6. The zero-order chi connectivity index (χ0) is 31.3. The summed E-state index contributed by atoms with van der Waals surface area (Å²) in [6.45, 7) is 0.768. The number of amides is 1. The van der Waals surface area contributed by atoms with Crippen molar-refractivity contribution in [1.82, 2.24) is 20.1 Å². The van der Waals surface area contributed by atoms with Crippen LogP contribution in [0.5, 0.6) is 11.5 Å². The molecule has 0 fully saturated rings. The van der Waals surface area contributed by atoms with Crippen molar-refractivity contribution in [3.05, 3.63) is 113 Å². The predicted octanol–water partition coefficient (Wildman–Crippen LogP) is 6.45. The van der Waals surface area contributed by atoms with Gasteiger partial charge < -0.3 is 19.5 Å². The number of methoxy groups -OCH3 is 3. The van der Waals surface area contributed by atoms with Gasteiger partial charge in [0.15, 0.2) is 0 Å². The van der Waals surface area contributed by atoms with Gasteiger partial charge in [-0.25, -0.2) is 9.78 Å². The number of pyridine rings is 1. The van der Waals surface area contributed by atoms with E-state index in [2.05, 4.69) is 11.4 Å². The number of carbonyl (C=O) groups excluding carboxylic acids is 2. The first-order chi connectivity index (χ1) is 22.0. The molecule has 0 unspecified atom stereocenters. The van der Waals surface area contributed by atoms with Gasteiger partial charge >= 0.3 is 5.97 Å². The highest BCUT2D eigenvalue weighted by atomic mass is 16.5. The minimum Gasteiger partial charge on any atom is -0.497 e. The lowest BCUT2D eigenvalue weighted by Gasteiger charge is -2.15. The van der Waals surface area contributed by atoms with Crippen LogP contribution in [0.1, 0.15) is 56.8 Å². The molecule has 0 aliphatic heterocycles. The van der Waals surface area contributed by atoms with Crippen LogP contribution in [0.4, 0.5) is 0 Å². The third-order valence-electron chi connectivity index (χ3n) is 8.05. The average molecular weight is 603 g/mol. The first-order valence-electron chi connectivity index (χ1n) is 14.8. The molecule has 1 amide bonds. The highest BCUT2D eigenvalue weighted by Crippen LogP contribution is 2.37. The van der Waals surface area contributed by atoms with E-state index < -0.39 is 5.97 Å². The SMILES string of the molecule is COC(=O)c1c(-c2ccc(CNC(=O)c3ccccc3OC)cc2)nc(C2=CCCC2)c2cnn(Cc3ccc(OC)cc3)c12. The molecule has 1 aliphatic carbocycles. The molecular formula is C36H34N4O5. The van der Waals surface area contributed by atoms with Crippen molar-refractivity contribution < 1.29 is 23.8 Å². The Hall–Kier alpha value is -5.44. The number of fused-ring (bicyclic) bond motifs is 1. The molecule has 0 atom stereocenters. The molecule has 5 aromatic rings. The van der Waals surface area contributed by atoms with Crippen LogP contribution in [0.15, 0.2) is 85.1 Å². The van der Waals surface area contributed by atoms with E-state index in [-0.39, 0.29) is 5.91 Å². The molecule has 1 N–H and O–H groups in total. The number of hydrogen-bond donors (Lipinski definition) is 1. The minimum absolute atomic E-state index is 0.226. The molecule has 0 bridgehead atoms. The zero-order valence-electron chi connectivity index (χ0n) is 25.5. The number of esters is 1. The van der Waals surface area contributed by atoms with Crippen LogP contribution in [-0.4, -0.2) is 48.0 Å². The fourth-order valence-electron chi connectivity index (χ4n) is 5.71. The molecule has 0 radical (unpaired) electrons. The van der Waals surface area contributed by atoms with Crippen LogP contribution >= 0.6 is 0 Å². The second-order valence-electron chi connectivity index (χ2n) is 10.8. The van der Waals surface area contributed by atoms with Gasteiger partial charge in [0.2, 0.25) is 0 Å². The van der Waals surface area contributed by atoms with Gasteiger partial charge in [-0.3, -0.25) is 9.48 Å². The summed E-state index contributed by atoms with van der Waals surface area (Å²) in [7, 11) is 4.56. The highest BCUT2D eigenvalue weighted by molar-refractivity contribution is 6.10. The van der Waals surface area contributed by atoms with Crippen molar-refractivity contribution in [2.24, 2.45) is 0 Å². The van der Waals surface area contributed by atoms with Gasteiger partial charge in [-0.2, -0.15) is 5.10 Å². The Bertz CT molecular complexity index is 1890. The van der Waals surface area contributed by atoms with Crippen LogP contribution in [0.3, 0.4) is 0 Å². The van der Waals surface area contributed by atoms with Gasteiger partial charge in [0.05, 0.1) is 56.5 Å². The summed E-state index contributed by atoms with van der Waals surface area (Å²) >= 11 is 0. The summed E-state index contributed by atoms with van der Waals surface area (Å²) in [5.74, 6) is 0.570. The molecule has 2 aromatic heterocycles. The van der Waals surface area contributed by atoms with Crippen molar-refractivity contribution in [3.63, 3.8) is 0 Å². The molecule has 2 heterocycles. The Morgan fingerprint density at radius 3 is 2.33 bits per heavy atom. The molecule has 3 aromatic carbocycles. The van der Waals surface area contributed by atoms with Gasteiger partial charge in [-0.1, -0.05) is 54.6 Å². The molecule has 0 spiro atoms. The third-order valence-corrected chi connectivity index (χ3v) is 8.05. The van der Waals surface area contributed by atoms with E-state index in [4.69, 9.17) is 24.3 Å². The highest BCUT2D eigenvalue weighted by Gasteiger charge is 2.27. The molecule has 228 valence electrons. The number of para-hydroxylation sites is 1. The Kier molecular flexibility index (Phi) is 8.59. The first-order valence-corrected chi connectivity index (χ1v) is 14.8. The van der Waals surface area contributed by atoms with Gasteiger partial charge in [-0.05, 0) is 60.2 Å². The number of benzene rings is 3. The maximum absolute atomic E-state index is 13.5. The second kappa shape index (κ2) is 13.1. The average Bonchev–Trinajstić information content (AvgIpc) is 3.78. The van der Waals surface area contributed by atoms with Gasteiger partial charge in [0, 0.05) is 17.5 Å². The summed E-state index contributed by atoms with van der Waals surface area (Å²) in [4.78, 5) is 31.4. The second-order valence-corrected chi connectivity index (χ2v) is 10.8. The first kappa shape index (κ1) is 29.6. The summed E-state index contributed by atoms with van der Waals surface area (Å²) in [6.07, 6.45) is 6.97. The van der Waals surface area contributed by atoms with Crippen LogP contribution in [0, 0.1) is 0 Å². The zero-order valence-corrected chi connectivity index (χ0v) is 25.5. The van der Waals surface area contributed by atoms with Crippen molar-refractivity contribution >= 4 is 28.4 Å². The number of hydrogen-bond acceptors (Lipinski definition) is 7. The van der Waals surface area contributed by atoms with Crippen LogP contribution in [-0.2, 0) is 17.8 Å². The van der Waals surface area contributed by atoms with Crippen molar-refractivity contribution in [1.29, 1.82) is 0 Å². The van der Waals surface area contributed by atoms with E-state index in [9.17, 15) is 9.59 Å². The molecule has 1 aliphatic rings. The van der Waals surface area contributed by atoms with E-state index >= 15 is 0 Å². The maximum Gasteiger partial charge on any atom is 0.342 e. The smallest absolute Gasteiger partial charge is 0.342 e. The van der Waals surface area contributed by atoms with Crippen molar-refractivity contribution in [3.8, 4) is 22.8 Å². The normalized spacial score (nSPS) is 12.6. The van der Waals surface area contributed by atoms with E-state index in [0.717, 1.165) is 58.4 Å². The lowest BCUT2D eigenvalue weighted by Crippen LogP contribution is -2.23. The van der Waals surface area contributed by atoms with E-state index in [0.29, 0.717) is 41.2 Å². The molecule has 9 heteroatoms. The Morgan fingerprint density at radius 2 is 1.64 bits per heavy atom. The van der Waals surface area contributed by atoms with E-state index in [1.165, 1.54) is 7.11 Å². The van der Waals surface area contributed by atoms with Gasteiger partial charge in [0.25, 0.3) is 5.91 Å². The molecular weight excluding hydrogens is 568 g/mol. The summed E-state index contributed by atoms with van der Waals surface area (Å²) < 4.78 is 17.8. The standard InChI is InChI=1S/C36H34N4O5/c1-43-27-18-14-24(15-19-27)22-40-34-29(21-38-40)32(25-8-4-5-9-25)39-33(31(34)36(42)45-3)26-16-12-23(13-17-26)20-37-35(41)28-10-6-7-11-30(28)44-2/h6-8,10-19,21H,4-5,9,20,22H2,1-3H3,(H,37,41). The number of allylic oxidation sites excluding steroid dienone is 2. The number of rotatable bonds is 10. The van der Waals surface area contributed by atoms with Crippen molar-refractivity contribution in [2.75, 3.05) is 21.3 Å². The molecule has 0 saturated heterocycles. The van der Waals surface area contributed by atoms with Crippen LogP contribution in [0.2, 0.25) is 0 Å². The number of nitrogens with one attached hydrogen (secondary N) is 1. The van der Waals surface area contributed by atoms with Crippen LogP contribution < -0.4 is 14.8 Å². The summed E-state index contributed by atoms with van der Waals surface area (Å²) in [5, 5.41) is 8.50. The third kappa shape index (κ3) is 6.02. The molecule has 9 nitrogen and oxygen atoms in total. The lowest BCUT2D eigenvalue weighted by molar-refractivity contribution is 0.0602. The molecule has 45 heavy (non-hydrogen) atoms. The fraction of sp³-hybridized carbons (Fsp3) is 0.222. The number of nitrogens with zero attached hydrogens (tertiary/aromatic N) is 3.